The van der Waals surface area contributed by atoms with Crippen LogP contribution in [0.3, 0.4) is 0 Å². The molecule has 0 spiro atoms. The molecule has 7 rings (SSSR count). The lowest BCUT2D eigenvalue weighted by molar-refractivity contribution is -0.0505. The van der Waals surface area contributed by atoms with Crippen LogP contribution in [0.15, 0.2) is 36.7 Å². The molecule has 2 N–H and O–H groups in total. The van der Waals surface area contributed by atoms with Crippen molar-refractivity contribution in [2.24, 2.45) is 5.73 Å². The van der Waals surface area contributed by atoms with Gasteiger partial charge in [-0.3, -0.25) is 4.79 Å². The highest BCUT2D eigenvalue weighted by atomic mass is 19.3. The van der Waals surface area contributed by atoms with Gasteiger partial charge in [-0.05, 0) is 43.9 Å². The molecule has 1 amide bonds. The molecule has 1 aromatic carbocycles. The van der Waals surface area contributed by atoms with Crippen molar-refractivity contribution in [3.05, 3.63) is 70.8 Å². The fourth-order valence-electron chi connectivity index (χ4n) is 5.75. The Kier molecular flexibility index (Phi) is 4.19. The third kappa shape index (κ3) is 3.19. The predicted octanol–water partition coefficient (Wildman–Crippen LogP) is 3.93. The first-order valence-corrected chi connectivity index (χ1v) is 12.1. The predicted molar refractivity (Wildman–Crippen MR) is 128 cm³/mol. The van der Waals surface area contributed by atoms with E-state index in [0.29, 0.717) is 18.4 Å². The van der Waals surface area contributed by atoms with E-state index < -0.39 is 42.9 Å². The number of hydrogen-bond donors (Lipinski definition) is 1. The minimum absolute atomic E-state index is 0.0220. The minimum atomic E-state index is -3.18. The number of fused-ring (bicyclic) bond motifs is 9. The topological polar surface area (TPSA) is 112 Å². The number of ether oxygens (including phenoxy) is 1. The smallest absolute Gasteiger partial charge is 0.387 e. The fourth-order valence-corrected chi connectivity index (χ4v) is 5.75. The molecular weight excluding hydrogens is 499 g/mol. The number of aromatic nitrogens is 5. The maximum absolute atomic E-state index is 15.2. The molecule has 9 nitrogen and oxygen atoms in total. The second-order valence-corrected chi connectivity index (χ2v) is 9.86. The van der Waals surface area contributed by atoms with Crippen molar-refractivity contribution < 1.29 is 26.8 Å². The molecule has 0 saturated heterocycles. The van der Waals surface area contributed by atoms with E-state index in [1.54, 1.807) is 0 Å². The van der Waals surface area contributed by atoms with Gasteiger partial charge in [0.25, 0.3) is 5.91 Å². The normalized spacial score (nSPS) is 22.8. The van der Waals surface area contributed by atoms with E-state index in [1.165, 1.54) is 41.2 Å². The summed E-state index contributed by atoms with van der Waals surface area (Å²) in [5.41, 5.74) is 6.74. The van der Waals surface area contributed by atoms with Crippen molar-refractivity contribution in [1.82, 2.24) is 29.5 Å². The van der Waals surface area contributed by atoms with Gasteiger partial charge in [-0.25, -0.2) is 19.5 Å². The molecule has 2 atom stereocenters. The van der Waals surface area contributed by atoms with Crippen molar-refractivity contribution in [3.63, 3.8) is 0 Å². The van der Waals surface area contributed by atoms with Crippen molar-refractivity contribution in [2.45, 2.75) is 49.8 Å². The number of carbonyl (C=O) groups is 1. The van der Waals surface area contributed by atoms with Crippen molar-refractivity contribution in [1.29, 1.82) is 0 Å². The highest BCUT2D eigenvalue weighted by molar-refractivity contribution is 5.98. The summed E-state index contributed by atoms with van der Waals surface area (Å²) < 4.78 is 72.5. The third-order valence-corrected chi connectivity index (χ3v) is 7.77. The van der Waals surface area contributed by atoms with E-state index >= 15 is 4.39 Å². The van der Waals surface area contributed by atoms with Gasteiger partial charge in [0, 0.05) is 46.1 Å². The molecule has 3 aromatic heterocycles. The van der Waals surface area contributed by atoms with Crippen LogP contribution < -0.4 is 10.5 Å². The molecule has 0 unspecified atom stereocenters. The van der Waals surface area contributed by atoms with Crippen molar-refractivity contribution in [2.75, 3.05) is 6.98 Å². The van der Waals surface area contributed by atoms with Gasteiger partial charge in [0.15, 0.2) is 11.5 Å². The lowest BCUT2D eigenvalue weighted by atomic mass is 9.77. The first-order chi connectivity index (χ1) is 19.5. The Hall–Kier alpha value is -4.06. The van der Waals surface area contributed by atoms with Gasteiger partial charge in [-0.1, -0.05) is 6.07 Å². The van der Waals surface area contributed by atoms with E-state index in [9.17, 15) is 13.6 Å². The minimum Gasteiger partial charge on any atom is -0.434 e. The Bertz CT molecular complexity index is 1740. The highest BCUT2D eigenvalue weighted by Crippen LogP contribution is 2.53. The van der Waals surface area contributed by atoms with Crippen LogP contribution >= 0.6 is 0 Å². The number of benzene rings is 1. The summed E-state index contributed by atoms with van der Waals surface area (Å²) in [6.45, 7) is -6.03. The van der Waals surface area contributed by atoms with Gasteiger partial charge >= 0.3 is 6.61 Å². The van der Waals surface area contributed by atoms with Gasteiger partial charge in [-0.2, -0.15) is 18.3 Å². The Morgan fingerprint density at radius 1 is 1.21 bits per heavy atom. The Labute approximate surface area is 218 Å². The summed E-state index contributed by atoms with van der Waals surface area (Å²) in [5, 5.41) is 4.54. The number of hydrogen-bond acceptors (Lipinski definition) is 7. The first-order valence-electron chi connectivity index (χ1n) is 13.6. The number of halogens is 3. The maximum atomic E-state index is 15.2. The Balaban J connectivity index is 1.42. The number of rotatable bonds is 4. The molecule has 4 heterocycles. The molecule has 2 bridgehead atoms. The lowest BCUT2D eigenvalue weighted by Gasteiger charge is -2.36. The zero-order valence-electron chi connectivity index (χ0n) is 22.7. The van der Waals surface area contributed by atoms with Crippen LogP contribution in [0, 0.1) is 5.95 Å². The van der Waals surface area contributed by atoms with Crippen LogP contribution in [-0.2, 0) is 5.54 Å². The average molecular weight is 525 g/mol. The fraction of sp³-hybridized carbons (Fsp3) is 0.346. The molecule has 12 heteroatoms. The number of nitrogens with zero attached hydrogens (tertiary/aromatic N) is 6. The number of nitrogens with two attached hydrogens (primary N) is 1. The molecule has 1 saturated carbocycles. The van der Waals surface area contributed by atoms with Crippen LogP contribution in [0.25, 0.3) is 16.9 Å². The molecule has 3 aliphatic rings. The van der Waals surface area contributed by atoms with Crippen LogP contribution in [0.1, 0.15) is 74.8 Å². The van der Waals surface area contributed by atoms with E-state index in [4.69, 9.17) is 14.6 Å². The van der Waals surface area contributed by atoms with E-state index in [0.717, 1.165) is 11.3 Å². The maximum Gasteiger partial charge on any atom is 0.387 e. The average Bonchev–Trinajstić information content (AvgIpc) is 3.39. The highest BCUT2D eigenvalue weighted by Gasteiger charge is 2.46. The number of carbonyl (C=O) groups excluding carboxylic acids is 1. The molecule has 4 aromatic rings. The summed E-state index contributed by atoms with van der Waals surface area (Å²) in [7, 11) is 0. The molecule has 38 heavy (non-hydrogen) atoms. The summed E-state index contributed by atoms with van der Waals surface area (Å²) in [4.78, 5) is 27.2. The van der Waals surface area contributed by atoms with Crippen LogP contribution in [0.4, 0.5) is 13.2 Å². The molecule has 1 fully saturated rings. The quantitative estimate of drug-likeness (QED) is 0.403. The second-order valence-electron chi connectivity index (χ2n) is 9.86. The number of alkyl halides is 2. The largest absolute Gasteiger partial charge is 0.434 e. The van der Waals surface area contributed by atoms with Gasteiger partial charge in [0.2, 0.25) is 5.95 Å². The SMILES string of the molecule is [2H]C([2H])([2H])N1C(=O)c2cccc(OC(F)F)c2[C@H]2C[C@@H]1c1nn3ccc(-c4cnc(C5(N)CCC5)nc4F)nc3c12. The van der Waals surface area contributed by atoms with Gasteiger partial charge < -0.3 is 15.4 Å². The van der Waals surface area contributed by atoms with E-state index in [-0.39, 0.29) is 51.7 Å². The standard InChI is InChI=1S/C26H22F3N7O2/c1-35-16-10-13(18-12(23(35)37)4-2-5-17(18)38-25(28)29)19-20(16)34-36-9-6-15(32-22(19)36)14-11-31-24(33-21(14)27)26(30)7-3-8-26/h2,4-6,9,11,13,16,25H,3,7-8,10,30H2,1H3/t13-,16-/m1/s1/i1D3. The molecule has 1 aliphatic heterocycles. The summed E-state index contributed by atoms with van der Waals surface area (Å²) in [6.07, 6.45) is 5.14. The zero-order chi connectivity index (χ0) is 28.8. The van der Waals surface area contributed by atoms with Gasteiger partial charge in [-0.15, -0.1) is 0 Å². The van der Waals surface area contributed by atoms with Crippen molar-refractivity contribution >= 4 is 11.6 Å². The van der Waals surface area contributed by atoms with Crippen LogP contribution in [0.2, 0.25) is 0 Å². The van der Waals surface area contributed by atoms with E-state index in [2.05, 4.69) is 20.1 Å². The lowest BCUT2D eigenvalue weighted by Crippen LogP contribution is -2.45. The molecule has 0 radical (unpaired) electrons. The summed E-state index contributed by atoms with van der Waals surface area (Å²) in [5.74, 6) is -2.42. The Morgan fingerprint density at radius 2 is 2.05 bits per heavy atom. The Morgan fingerprint density at radius 3 is 2.76 bits per heavy atom. The second kappa shape index (κ2) is 7.97. The third-order valence-electron chi connectivity index (χ3n) is 7.77. The van der Waals surface area contributed by atoms with E-state index in [1.807, 2.05) is 0 Å². The van der Waals surface area contributed by atoms with Gasteiger partial charge in [0.1, 0.15) is 5.75 Å². The van der Waals surface area contributed by atoms with Gasteiger partial charge in [0.05, 0.1) is 28.5 Å². The zero-order valence-corrected chi connectivity index (χ0v) is 19.7. The van der Waals surface area contributed by atoms with Crippen molar-refractivity contribution in [3.8, 4) is 17.0 Å². The number of amides is 1. The molecule has 194 valence electrons. The monoisotopic (exact) mass is 524 g/mol. The van der Waals surface area contributed by atoms with Crippen LogP contribution in [0.5, 0.6) is 5.75 Å². The summed E-state index contributed by atoms with van der Waals surface area (Å²) >= 11 is 0. The molecule has 2 aliphatic carbocycles. The summed E-state index contributed by atoms with van der Waals surface area (Å²) in [6, 6.07) is 4.57. The first kappa shape index (κ1) is 20.0. The van der Waals surface area contributed by atoms with Crippen LogP contribution in [-0.4, -0.2) is 49.0 Å². The molecular formula is C26H22F3N7O2.